The van der Waals surface area contributed by atoms with E-state index in [-0.39, 0.29) is 0 Å². The minimum absolute atomic E-state index is 0.800. The Hall–Kier alpha value is -2.20. The molecule has 0 bridgehead atoms. The number of anilines is 3. The van der Waals surface area contributed by atoms with Crippen molar-refractivity contribution >= 4 is 17.1 Å². The summed E-state index contributed by atoms with van der Waals surface area (Å²) >= 11 is 0. The monoisotopic (exact) mass is 271 g/mol. The Bertz CT molecular complexity index is 510. The number of nitrogens with zero attached hydrogens (tertiary/aromatic N) is 1. The Balaban J connectivity index is 0.000000178. The molecule has 0 unspecified atom stereocenters. The van der Waals surface area contributed by atoms with Crippen molar-refractivity contribution in [1.82, 2.24) is 0 Å². The van der Waals surface area contributed by atoms with Crippen LogP contribution in [-0.2, 0) is 4.74 Å². The molecule has 1 heterocycles. The maximum absolute atomic E-state index is 5.87. The van der Waals surface area contributed by atoms with E-state index in [1.54, 1.807) is 0 Å². The lowest BCUT2D eigenvalue weighted by atomic mass is 10.2. The van der Waals surface area contributed by atoms with Gasteiger partial charge < -0.3 is 21.1 Å². The number of ether oxygens (including phenoxy) is 1. The van der Waals surface area contributed by atoms with Crippen molar-refractivity contribution in [3.05, 3.63) is 54.6 Å². The summed E-state index contributed by atoms with van der Waals surface area (Å²) in [7, 11) is 0. The zero-order valence-corrected chi connectivity index (χ0v) is 11.5. The second-order valence-electron chi connectivity index (χ2n) is 4.57. The van der Waals surface area contributed by atoms with Crippen molar-refractivity contribution in [3.8, 4) is 0 Å². The van der Waals surface area contributed by atoms with Gasteiger partial charge >= 0.3 is 0 Å². The Morgan fingerprint density at radius 2 is 1.40 bits per heavy atom. The van der Waals surface area contributed by atoms with Crippen LogP contribution < -0.4 is 16.4 Å². The molecule has 106 valence electrons. The van der Waals surface area contributed by atoms with Gasteiger partial charge in [0.25, 0.3) is 0 Å². The van der Waals surface area contributed by atoms with E-state index in [2.05, 4.69) is 11.0 Å². The highest BCUT2D eigenvalue weighted by atomic mass is 16.5. The van der Waals surface area contributed by atoms with Crippen LogP contribution in [0.3, 0.4) is 0 Å². The van der Waals surface area contributed by atoms with Crippen LogP contribution in [0, 0.1) is 0 Å². The fourth-order valence-electron chi connectivity index (χ4n) is 2.03. The van der Waals surface area contributed by atoms with Crippen LogP contribution in [0.25, 0.3) is 0 Å². The van der Waals surface area contributed by atoms with Crippen molar-refractivity contribution < 1.29 is 4.74 Å². The predicted molar refractivity (Wildman–Crippen MR) is 84.7 cm³/mol. The zero-order valence-electron chi connectivity index (χ0n) is 11.5. The fourth-order valence-corrected chi connectivity index (χ4v) is 2.03. The van der Waals surface area contributed by atoms with Gasteiger partial charge in [0.15, 0.2) is 0 Å². The van der Waals surface area contributed by atoms with E-state index in [4.69, 9.17) is 16.2 Å². The predicted octanol–water partition coefficient (Wildman–Crippen LogP) is 2.37. The van der Waals surface area contributed by atoms with Crippen molar-refractivity contribution in [2.24, 2.45) is 0 Å². The van der Waals surface area contributed by atoms with Crippen LogP contribution in [0.1, 0.15) is 0 Å². The molecule has 20 heavy (non-hydrogen) atoms. The van der Waals surface area contributed by atoms with Gasteiger partial charge in [0.2, 0.25) is 0 Å². The van der Waals surface area contributed by atoms with Crippen molar-refractivity contribution in [2.45, 2.75) is 0 Å². The van der Waals surface area contributed by atoms with Gasteiger partial charge in [-0.1, -0.05) is 30.3 Å². The molecule has 2 aromatic rings. The first-order valence-corrected chi connectivity index (χ1v) is 6.75. The molecule has 3 rings (SSSR count). The molecule has 0 aliphatic carbocycles. The van der Waals surface area contributed by atoms with E-state index in [0.29, 0.717) is 0 Å². The molecular weight excluding hydrogens is 250 g/mol. The van der Waals surface area contributed by atoms with Crippen LogP contribution in [0.2, 0.25) is 0 Å². The second kappa shape index (κ2) is 7.40. The Morgan fingerprint density at radius 3 is 1.95 bits per heavy atom. The van der Waals surface area contributed by atoms with Crippen molar-refractivity contribution in [1.29, 1.82) is 0 Å². The van der Waals surface area contributed by atoms with Gasteiger partial charge in [0, 0.05) is 18.8 Å². The largest absolute Gasteiger partial charge is 0.399 e. The lowest BCUT2D eigenvalue weighted by Gasteiger charge is -2.29. The Morgan fingerprint density at radius 1 is 0.800 bits per heavy atom. The van der Waals surface area contributed by atoms with E-state index < -0.39 is 0 Å². The molecule has 0 amide bonds. The number of nitrogens with two attached hydrogens (primary N) is 2. The number of para-hydroxylation sites is 3. The van der Waals surface area contributed by atoms with Crippen molar-refractivity contribution in [2.75, 3.05) is 42.7 Å². The molecular formula is C16H21N3O. The molecule has 4 heteroatoms. The summed E-state index contributed by atoms with van der Waals surface area (Å²) in [5, 5.41) is 0. The molecule has 1 fully saturated rings. The summed E-state index contributed by atoms with van der Waals surface area (Å²) in [6, 6.07) is 17.5. The Kier molecular flexibility index (Phi) is 5.26. The molecule has 0 atom stereocenters. The lowest BCUT2D eigenvalue weighted by Crippen LogP contribution is -2.36. The minimum atomic E-state index is 0.800. The summed E-state index contributed by atoms with van der Waals surface area (Å²) in [6.07, 6.45) is 0. The maximum atomic E-state index is 5.87. The number of hydrogen-bond acceptors (Lipinski definition) is 4. The number of benzene rings is 2. The van der Waals surface area contributed by atoms with Crippen LogP contribution in [0.5, 0.6) is 0 Å². The summed E-state index contributed by atoms with van der Waals surface area (Å²) < 4.78 is 5.28. The lowest BCUT2D eigenvalue weighted by molar-refractivity contribution is 0.123. The molecule has 1 aliphatic heterocycles. The quantitative estimate of drug-likeness (QED) is 0.782. The summed E-state index contributed by atoms with van der Waals surface area (Å²) in [5.41, 5.74) is 14.0. The van der Waals surface area contributed by atoms with E-state index in [0.717, 1.165) is 43.4 Å². The van der Waals surface area contributed by atoms with Gasteiger partial charge in [-0.15, -0.1) is 0 Å². The van der Waals surface area contributed by atoms with Gasteiger partial charge in [0.1, 0.15) is 0 Å². The van der Waals surface area contributed by atoms with E-state index in [1.807, 2.05) is 48.5 Å². The van der Waals surface area contributed by atoms with E-state index in [1.165, 1.54) is 0 Å². The van der Waals surface area contributed by atoms with Crippen molar-refractivity contribution in [3.63, 3.8) is 0 Å². The topological polar surface area (TPSA) is 64.5 Å². The average Bonchev–Trinajstić information content (AvgIpc) is 2.50. The zero-order chi connectivity index (χ0) is 14.2. The van der Waals surface area contributed by atoms with Gasteiger partial charge in [-0.3, -0.25) is 0 Å². The minimum Gasteiger partial charge on any atom is -0.399 e. The smallest absolute Gasteiger partial charge is 0.0642 e. The third-order valence-corrected chi connectivity index (χ3v) is 3.09. The van der Waals surface area contributed by atoms with E-state index >= 15 is 0 Å². The molecule has 4 N–H and O–H groups in total. The van der Waals surface area contributed by atoms with Crippen LogP contribution >= 0.6 is 0 Å². The summed E-state index contributed by atoms with van der Waals surface area (Å²) in [5.74, 6) is 0. The molecule has 1 saturated heterocycles. The van der Waals surface area contributed by atoms with Gasteiger partial charge in [-0.2, -0.15) is 0 Å². The summed E-state index contributed by atoms with van der Waals surface area (Å²) in [4.78, 5) is 2.26. The standard InChI is InChI=1S/C10H14N2O.C6H7N/c11-9-3-1-2-4-10(9)12-5-7-13-8-6-12;7-6-4-2-1-3-5-6/h1-4H,5-8,11H2;1-5H,7H2. The fraction of sp³-hybridized carbons (Fsp3) is 0.250. The highest BCUT2D eigenvalue weighted by Crippen LogP contribution is 2.22. The van der Waals surface area contributed by atoms with Gasteiger partial charge in [0.05, 0.1) is 24.6 Å². The molecule has 0 saturated carbocycles. The highest BCUT2D eigenvalue weighted by Gasteiger charge is 2.12. The number of rotatable bonds is 1. The first kappa shape index (κ1) is 14.2. The first-order valence-electron chi connectivity index (χ1n) is 6.75. The number of nitrogen functional groups attached to an aromatic ring is 2. The highest BCUT2D eigenvalue weighted by molar-refractivity contribution is 5.67. The number of hydrogen-bond donors (Lipinski definition) is 2. The third kappa shape index (κ3) is 4.17. The number of morpholine rings is 1. The second-order valence-corrected chi connectivity index (χ2v) is 4.57. The first-order chi connectivity index (χ1) is 9.77. The maximum Gasteiger partial charge on any atom is 0.0642 e. The molecule has 0 spiro atoms. The normalized spacial score (nSPS) is 14.3. The molecule has 0 aromatic heterocycles. The van der Waals surface area contributed by atoms with E-state index in [9.17, 15) is 0 Å². The average molecular weight is 271 g/mol. The van der Waals surface area contributed by atoms with Crippen LogP contribution in [0.15, 0.2) is 54.6 Å². The summed E-state index contributed by atoms with van der Waals surface area (Å²) in [6.45, 7) is 3.48. The Labute approximate surface area is 120 Å². The third-order valence-electron chi connectivity index (χ3n) is 3.09. The van der Waals surface area contributed by atoms with Gasteiger partial charge in [-0.05, 0) is 24.3 Å². The van der Waals surface area contributed by atoms with Crippen LogP contribution in [0.4, 0.5) is 17.1 Å². The molecule has 1 aliphatic rings. The van der Waals surface area contributed by atoms with Crippen LogP contribution in [-0.4, -0.2) is 26.3 Å². The molecule has 0 radical (unpaired) electrons. The molecule has 2 aromatic carbocycles. The molecule has 4 nitrogen and oxygen atoms in total. The SMILES string of the molecule is Nc1ccccc1.Nc1ccccc1N1CCOCC1. The van der Waals surface area contributed by atoms with Gasteiger partial charge in [-0.25, -0.2) is 0 Å².